The fourth-order valence-corrected chi connectivity index (χ4v) is 3.62. The van der Waals surface area contributed by atoms with Crippen molar-refractivity contribution in [3.05, 3.63) is 62.7 Å². The average molecular weight is 498 g/mol. The SMILES string of the molecule is O=C(CN1CCCN(C(=O)c2cccc(Cl)c2)CC1)Nc1ccc(I)cc1. The molecule has 0 radical (unpaired) electrons. The van der Waals surface area contributed by atoms with Gasteiger partial charge in [0.1, 0.15) is 0 Å². The van der Waals surface area contributed by atoms with E-state index in [0.717, 1.165) is 22.2 Å². The van der Waals surface area contributed by atoms with Crippen molar-refractivity contribution in [3.63, 3.8) is 0 Å². The molecule has 5 nitrogen and oxygen atoms in total. The lowest BCUT2D eigenvalue weighted by Gasteiger charge is -2.22. The average Bonchev–Trinajstić information content (AvgIpc) is 2.88. The molecule has 1 heterocycles. The Morgan fingerprint density at radius 3 is 2.56 bits per heavy atom. The molecule has 2 amide bonds. The summed E-state index contributed by atoms with van der Waals surface area (Å²) in [6.45, 7) is 3.07. The first-order chi connectivity index (χ1) is 13.0. The molecule has 3 rings (SSSR count). The van der Waals surface area contributed by atoms with Gasteiger partial charge in [0.2, 0.25) is 5.91 Å². The molecule has 1 aliphatic heterocycles. The zero-order valence-corrected chi connectivity index (χ0v) is 17.7. The number of hydrogen-bond donors (Lipinski definition) is 1. The molecule has 2 aromatic rings. The highest BCUT2D eigenvalue weighted by Gasteiger charge is 2.21. The van der Waals surface area contributed by atoms with Gasteiger partial charge in [-0.05, 0) is 71.5 Å². The largest absolute Gasteiger partial charge is 0.337 e. The highest BCUT2D eigenvalue weighted by atomic mass is 127. The predicted molar refractivity (Wildman–Crippen MR) is 116 cm³/mol. The second-order valence-electron chi connectivity index (χ2n) is 6.49. The van der Waals surface area contributed by atoms with E-state index in [1.807, 2.05) is 29.2 Å². The quantitative estimate of drug-likeness (QED) is 0.655. The molecule has 1 N–H and O–H groups in total. The van der Waals surface area contributed by atoms with Gasteiger partial charge in [0.25, 0.3) is 5.91 Å². The molecule has 2 aromatic carbocycles. The van der Waals surface area contributed by atoms with Crippen LogP contribution in [0.25, 0.3) is 0 Å². The summed E-state index contributed by atoms with van der Waals surface area (Å²) in [4.78, 5) is 28.9. The lowest BCUT2D eigenvalue weighted by atomic mass is 10.2. The minimum Gasteiger partial charge on any atom is -0.337 e. The second-order valence-corrected chi connectivity index (χ2v) is 8.17. The van der Waals surface area contributed by atoms with Crippen molar-refractivity contribution in [2.45, 2.75) is 6.42 Å². The molecule has 0 unspecified atom stereocenters. The van der Waals surface area contributed by atoms with Gasteiger partial charge in [0, 0.05) is 46.0 Å². The molecule has 0 spiro atoms. The number of hydrogen-bond acceptors (Lipinski definition) is 3. The van der Waals surface area contributed by atoms with Crippen molar-refractivity contribution in [2.75, 3.05) is 38.0 Å². The number of carbonyl (C=O) groups excluding carboxylic acids is 2. The third kappa shape index (κ3) is 5.92. The molecule has 27 heavy (non-hydrogen) atoms. The van der Waals surface area contributed by atoms with Gasteiger partial charge in [-0.15, -0.1) is 0 Å². The number of amides is 2. The summed E-state index contributed by atoms with van der Waals surface area (Å²) in [5, 5.41) is 3.48. The van der Waals surface area contributed by atoms with Crippen LogP contribution in [0.15, 0.2) is 48.5 Å². The lowest BCUT2D eigenvalue weighted by molar-refractivity contribution is -0.117. The van der Waals surface area contributed by atoms with Gasteiger partial charge in [-0.2, -0.15) is 0 Å². The van der Waals surface area contributed by atoms with Crippen LogP contribution in [0.1, 0.15) is 16.8 Å². The third-order valence-electron chi connectivity index (χ3n) is 4.44. The summed E-state index contributed by atoms with van der Waals surface area (Å²) < 4.78 is 1.13. The fraction of sp³-hybridized carbons (Fsp3) is 0.300. The summed E-state index contributed by atoms with van der Waals surface area (Å²) in [5.74, 6) is -0.0477. The Morgan fingerprint density at radius 1 is 1.04 bits per heavy atom. The van der Waals surface area contributed by atoms with Crippen molar-refractivity contribution in [1.29, 1.82) is 0 Å². The van der Waals surface area contributed by atoms with Crippen molar-refractivity contribution in [2.24, 2.45) is 0 Å². The van der Waals surface area contributed by atoms with E-state index in [1.54, 1.807) is 24.3 Å². The maximum Gasteiger partial charge on any atom is 0.253 e. The van der Waals surface area contributed by atoms with Gasteiger partial charge in [-0.3, -0.25) is 14.5 Å². The molecule has 1 aliphatic rings. The third-order valence-corrected chi connectivity index (χ3v) is 5.40. The first-order valence-corrected chi connectivity index (χ1v) is 10.3. The number of nitrogens with zero attached hydrogens (tertiary/aromatic N) is 2. The van der Waals surface area contributed by atoms with Crippen molar-refractivity contribution in [3.8, 4) is 0 Å². The van der Waals surface area contributed by atoms with Gasteiger partial charge in [0.05, 0.1) is 6.54 Å². The molecule has 1 fully saturated rings. The standard InChI is InChI=1S/C20H21ClIN3O2/c21-16-4-1-3-15(13-16)20(27)25-10-2-9-24(11-12-25)14-19(26)23-18-7-5-17(22)6-8-18/h1,3-8,13H,2,9-12,14H2,(H,23,26). The Kier molecular flexibility index (Phi) is 7.09. The van der Waals surface area contributed by atoms with Crippen LogP contribution in [0.4, 0.5) is 5.69 Å². The second kappa shape index (κ2) is 9.52. The predicted octanol–water partition coefficient (Wildman–Crippen LogP) is 3.73. The maximum absolute atomic E-state index is 12.7. The molecule has 1 saturated heterocycles. The molecule has 142 valence electrons. The maximum atomic E-state index is 12.7. The summed E-state index contributed by atoms with van der Waals surface area (Å²) in [7, 11) is 0. The van der Waals surface area contributed by atoms with E-state index in [0.29, 0.717) is 36.8 Å². The minimum atomic E-state index is -0.0363. The summed E-state index contributed by atoms with van der Waals surface area (Å²) in [5.41, 5.74) is 1.40. The van der Waals surface area contributed by atoms with E-state index in [2.05, 4.69) is 32.8 Å². The van der Waals surface area contributed by atoms with Gasteiger partial charge < -0.3 is 10.2 Å². The highest BCUT2D eigenvalue weighted by Crippen LogP contribution is 2.15. The van der Waals surface area contributed by atoms with E-state index in [-0.39, 0.29) is 11.8 Å². The van der Waals surface area contributed by atoms with Crippen molar-refractivity contribution >= 4 is 51.7 Å². The molecule has 0 atom stereocenters. The topological polar surface area (TPSA) is 52.7 Å². The van der Waals surface area contributed by atoms with Gasteiger partial charge in [-0.25, -0.2) is 0 Å². The van der Waals surface area contributed by atoms with Crippen LogP contribution in [0, 0.1) is 3.57 Å². The van der Waals surface area contributed by atoms with Crippen LogP contribution in [-0.4, -0.2) is 54.3 Å². The Balaban J connectivity index is 1.52. The number of anilines is 1. The van der Waals surface area contributed by atoms with E-state index in [9.17, 15) is 9.59 Å². The van der Waals surface area contributed by atoms with E-state index in [1.165, 1.54) is 0 Å². The Hall–Kier alpha value is -1.64. The first kappa shape index (κ1) is 20.1. The highest BCUT2D eigenvalue weighted by molar-refractivity contribution is 14.1. The van der Waals surface area contributed by atoms with Crippen molar-refractivity contribution < 1.29 is 9.59 Å². The smallest absolute Gasteiger partial charge is 0.253 e. The molecular formula is C20H21ClIN3O2. The van der Waals surface area contributed by atoms with E-state index >= 15 is 0 Å². The molecule has 0 saturated carbocycles. The molecule has 0 aromatic heterocycles. The normalized spacial score (nSPS) is 15.3. The molecular weight excluding hydrogens is 477 g/mol. The fourth-order valence-electron chi connectivity index (χ4n) is 3.07. The summed E-state index contributed by atoms with van der Waals surface area (Å²) >= 11 is 8.22. The zero-order valence-electron chi connectivity index (χ0n) is 14.8. The van der Waals surface area contributed by atoms with Gasteiger partial charge >= 0.3 is 0 Å². The number of nitrogens with one attached hydrogen (secondary N) is 1. The number of benzene rings is 2. The van der Waals surface area contributed by atoms with Crippen molar-refractivity contribution in [1.82, 2.24) is 9.80 Å². The van der Waals surface area contributed by atoms with Crippen LogP contribution < -0.4 is 5.32 Å². The Morgan fingerprint density at radius 2 is 1.81 bits per heavy atom. The zero-order chi connectivity index (χ0) is 19.2. The minimum absolute atomic E-state index is 0.0114. The van der Waals surface area contributed by atoms with E-state index < -0.39 is 0 Å². The number of halogens is 2. The monoisotopic (exact) mass is 497 g/mol. The lowest BCUT2D eigenvalue weighted by Crippen LogP contribution is -2.38. The van der Waals surface area contributed by atoms with Gasteiger partial charge in [-0.1, -0.05) is 17.7 Å². The Labute approximate surface area is 177 Å². The number of carbonyl (C=O) groups is 2. The molecule has 7 heteroatoms. The van der Waals surface area contributed by atoms with Crippen LogP contribution in [0.3, 0.4) is 0 Å². The van der Waals surface area contributed by atoms with Crippen LogP contribution in [0.5, 0.6) is 0 Å². The number of rotatable bonds is 4. The van der Waals surface area contributed by atoms with Crippen LogP contribution in [0.2, 0.25) is 5.02 Å². The van der Waals surface area contributed by atoms with Gasteiger partial charge in [0.15, 0.2) is 0 Å². The molecule has 0 aliphatic carbocycles. The summed E-state index contributed by atoms with van der Waals surface area (Å²) in [6, 6.07) is 14.7. The first-order valence-electron chi connectivity index (χ1n) is 8.84. The Bertz CT molecular complexity index is 813. The summed E-state index contributed by atoms with van der Waals surface area (Å²) in [6.07, 6.45) is 0.836. The van der Waals surface area contributed by atoms with Crippen LogP contribution in [-0.2, 0) is 4.79 Å². The molecule has 0 bridgehead atoms. The van der Waals surface area contributed by atoms with E-state index in [4.69, 9.17) is 11.6 Å². The van der Waals surface area contributed by atoms with Crippen LogP contribution >= 0.6 is 34.2 Å².